The lowest BCUT2D eigenvalue weighted by Gasteiger charge is -2.23. The summed E-state index contributed by atoms with van der Waals surface area (Å²) in [6.45, 7) is 2.72. The first-order valence-electron chi connectivity index (χ1n) is 7.61. The zero-order valence-electron chi connectivity index (χ0n) is 13.4. The van der Waals surface area contributed by atoms with E-state index in [0.29, 0.717) is 18.9 Å². The number of furan rings is 1. The minimum absolute atomic E-state index is 0. The molecule has 0 spiro atoms. The average Bonchev–Trinajstić information content (AvgIpc) is 3.11. The number of methoxy groups -OCH3 is 1. The van der Waals surface area contributed by atoms with Crippen molar-refractivity contribution in [1.82, 2.24) is 10.6 Å². The molecule has 1 atom stereocenters. The Hall–Kier alpha value is -2.02. The highest BCUT2D eigenvalue weighted by Crippen LogP contribution is 2.25. The molecular weight excluding hydrogens is 332 g/mol. The second-order valence-corrected chi connectivity index (χ2v) is 5.30. The second kappa shape index (κ2) is 8.73. The number of nitrogens with one attached hydrogen (secondary N) is 2. The van der Waals surface area contributed by atoms with Crippen LogP contribution in [0.25, 0.3) is 11.3 Å². The van der Waals surface area contributed by atoms with Gasteiger partial charge < -0.3 is 24.5 Å². The smallest absolute Gasteiger partial charge is 0.287 e. The van der Waals surface area contributed by atoms with Crippen molar-refractivity contribution in [3.63, 3.8) is 0 Å². The van der Waals surface area contributed by atoms with Crippen molar-refractivity contribution in [1.29, 1.82) is 0 Å². The average molecular weight is 353 g/mol. The normalized spacial score (nSPS) is 17.0. The number of halogens is 1. The van der Waals surface area contributed by atoms with Crippen molar-refractivity contribution >= 4 is 18.3 Å². The Kier molecular flexibility index (Phi) is 6.66. The number of hydrogen-bond donors (Lipinski definition) is 2. The van der Waals surface area contributed by atoms with Crippen LogP contribution < -0.4 is 15.4 Å². The largest absolute Gasteiger partial charge is 0.497 e. The van der Waals surface area contributed by atoms with Gasteiger partial charge in [0.2, 0.25) is 0 Å². The van der Waals surface area contributed by atoms with Crippen LogP contribution in [0.1, 0.15) is 10.6 Å². The second-order valence-electron chi connectivity index (χ2n) is 5.30. The number of hydrogen-bond acceptors (Lipinski definition) is 5. The number of carbonyl (C=O) groups is 1. The summed E-state index contributed by atoms with van der Waals surface area (Å²) in [4.78, 5) is 12.1. The molecule has 2 N–H and O–H groups in total. The molecule has 1 aliphatic heterocycles. The molecule has 0 saturated carbocycles. The highest BCUT2D eigenvalue weighted by Gasteiger charge is 2.17. The summed E-state index contributed by atoms with van der Waals surface area (Å²) in [7, 11) is 1.61. The Morgan fingerprint density at radius 3 is 3.00 bits per heavy atom. The van der Waals surface area contributed by atoms with Gasteiger partial charge in [-0.05, 0) is 24.3 Å². The van der Waals surface area contributed by atoms with E-state index in [1.54, 1.807) is 19.2 Å². The molecule has 1 unspecified atom stereocenters. The maximum absolute atomic E-state index is 12.1. The molecule has 1 fully saturated rings. The van der Waals surface area contributed by atoms with E-state index in [1.807, 2.05) is 24.3 Å². The molecular formula is C17H21ClN2O4. The van der Waals surface area contributed by atoms with Crippen LogP contribution in [0, 0.1) is 0 Å². The maximum atomic E-state index is 12.1. The van der Waals surface area contributed by atoms with Crippen LogP contribution in [0.2, 0.25) is 0 Å². The van der Waals surface area contributed by atoms with Gasteiger partial charge in [0.25, 0.3) is 5.91 Å². The van der Waals surface area contributed by atoms with E-state index < -0.39 is 0 Å². The zero-order chi connectivity index (χ0) is 16.1. The fourth-order valence-electron chi connectivity index (χ4n) is 2.44. The van der Waals surface area contributed by atoms with Crippen molar-refractivity contribution in [2.24, 2.45) is 0 Å². The third-order valence-corrected chi connectivity index (χ3v) is 3.68. The van der Waals surface area contributed by atoms with Crippen LogP contribution in [-0.2, 0) is 4.74 Å². The molecule has 3 rings (SSSR count). The summed E-state index contributed by atoms with van der Waals surface area (Å²) >= 11 is 0. The van der Waals surface area contributed by atoms with E-state index in [4.69, 9.17) is 13.9 Å². The van der Waals surface area contributed by atoms with Gasteiger partial charge in [-0.15, -0.1) is 12.4 Å². The number of rotatable bonds is 5. The summed E-state index contributed by atoms with van der Waals surface area (Å²) in [5.74, 6) is 1.41. The van der Waals surface area contributed by atoms with Crippen LogP contribution in [0.15, 0.2) is 40.8 Å². The summed E-state index contributed by atoms with van der Waals surface area (Å²) in [6.07, 6.45) is 0.000479. The molecule has 1 aromatic carbocycles. The van der Waals surface area contributed by atoms with E-state index in [0.717, 1.165) is 24.4 Å². The molecule has 6 nitrogen and oxygen atoms in total. The topological polar surface area (TPSA) is 72.7 Å². The highest BCUT2D eigenvalue weighted by atomic mass is 35.5. The Morgan fingerprint density at radius 2 is 2.25 bits per heavy atom. The van der Waals surface area contributed by atoms with Gasteiger partial charge in [-0.1, -0.05) is 12.1 Å². The van der Waals surface area contributed by atoms with Crippen molar-refractivity contribution in [3.8, 4) is 17.1 Å². The number of morpholine rings is 1. The van der Waals surface area contributed by atoms with Gasteiger partial charge in [0.1, 0.15) is 11.5 Å². The van der Waals surface area contributed by atoms with Crippen molar-refractivity contribution in [2.45, 2.75) is 6.10 Å². The Balaban J connectivity index is 0.00000208. The minimum atomic E-state index is -0.242. The molecule has 2 aromatic rings. The van der Waals surface area contributed by atoms with E-state index in [9.17, 15) is 4.79 Å². The molecule has 0 bridgehead atoms. The lowest BCUT2D eigenvalue weighted by atomic mass is 10.2. The number of ether oxygens (including phenoxy) is 2. The zero-order valence-corrected chi connectivity index (χ0v) is 14.2. The van der Waals surface area contributed by atoms with Crippen LogP contribution in [0.5, 0.6) is 5.75 Å². The Bertz CT molecular complexity index is 668. The standard InChI is InChI=1S/C17H20N2O4.ClH/c1-21-13-4-2-3-12(9-13)15-5-6-16(23-15)17(20)19-11-14-10-18-7-8-22-14;/h2-6,9,14,18H,7-8,10-11H2,1H3,(H,19,20);1H. The van der Waals surface area contributed by atoms with Gasteiger partial charge in [0.05, 0.1) is 19.8 Å². The first kappa shape index (κ1) is 18.3. The SMILES string of the molecule is COc1cccc(-c2ccc(C(=O)NCC3CNCCO3)o2)c1.Cl. The molecule has 2 heterocycles. The van der Waals surface area contributed by atoms with Crippen LogP contribution in [0.3, 0.4) is 0 Å². The van der Waals surface area contributed by atoms with Gasteiger partial charge in [0, 0.05) is 25.2 Å². The number of benzene rings is 1. The first-order chi connectivity index (χ1) is 11.3. The summed E-state index contributed by atoms with van der Waals surface area (Å²) in [5, 5.41) is 6.06. The third-order valence-electron chi connectivity index (χ3n) is 3.68. The fraction of sp³-hybridized carbons (Fsp3) is 0.353. The van der Waals surface area contributed by atoms with Crippen molar-refractivity contribution in [3.05, 3.63) is 42.2 Å². The molecule has 1 saturated heterocycles. The molecule has 1 aromatic heterocycles. The van der Waals surface area contributed by atoms with Crippen molar-refractivity contribution in [2.75, 3.05) is 33.4 Å². The van der Waals surface area contributed by atoms with E-state index >= 15 is 0 Å². The molecule has 0 aliphatic carbocycles. The molecule has 1 amide bonds. The summed E-state index contributed by atoms with van der Waals surface area (Å²) < 4.78 is 16.4. The lowest BCUT2D eigenvalue weighted by Crippen LogP contribution is -2.45. The van der Waals surface area contributed by atoms with Crippen LogP contribution in [-0.4, -0.2) is 45.4 Å². The van der Waals surface area contributed by atoms with Crippen molar-refractivity contribution < 1.29 is 18.7 Å². The first-order valence-corrected chi connectivity index (χ1v) is 7.61. The number of carbonyl (C=O) groups excluding carboxylic acids is 1. The fourth-order valence-corrected chi connectivity index (χ4v) is 2.44. The molecule has 1 aliphatic rings. The third kappa shape index (κ3) is 4.50. The molecule has 24 heavy (non-hydrogen) atoms. The van der Waals surface area contributed by atoms with Gasteiger partial charge in [-0.25, -0.2) is 0 Å². The quantitative estimate of drug-likeness (QED) is 0.862. The predicted octanol–water partition coefficient (Wildman–Crippen LogP) is 2.10. The Labute approximate surface area is 146 Å². The number of amides is 1. The maximum Gasteiger partial charge on any atom is 0.287 e. The minimum Gasteiger partial charge on any atom is -0.497 e. The van der Waals surface area contributed by atoms with E-state index in [2.05, 4.69) is 10.6 Å². The predicted molar refractivity (Wildman–Crippen MR) is 92.9 cm³/mol. The van der Waals surface area contributed by atoms with Crippen LogP contribution >= 0.6 is 12.4 Å². The molecule has 130 valence electrons. The monoisotopic (exact) mass is 352 g/mol. The van der Waals surface area contributed by atoms with Gasteiger partial charge >= 0.3 is 0 Å². The van der Waals surface area contributed by atoms with Crippen LogP contribution in [0.4, 0.5) is 0 Å². The molecule has 7 heteroatoms. The lowest BCUT2D eigenvalue weighted by molar-refractivity contribution is 0.0285. The summed E-state index contributed by atoms with van der Waals surface area (Å²) in [5.41, 5.74) is 0.864. The van der Waals surface area contributed by atoms with E-state index in [1.165, 1.54) is 0 Å². The van der Waals surface area contributed by atoms with Gasteiger partial charge in [-0.2, -0.15) is 0 Å². The Morgan fingerprint density at radius 1 is 1.38 bits per heavy atom. The van der Waals surface area contributed by atoms with Gasteiger partial charge in [-0.3, -0.25) is 4.79 Å². The highest BCUT2D eigenvalue weighted by molar-refractivity contribution is 5.92. The molecule has 0 radical (unpaired) electrons. The summed E-state index contributed by atoms with van der Waals surface area (Å²) in [6, 6.07) is 11.0. The van der Waals surface area contributed by atoms with E-state index in [-0.39, 0.29) is 30.2 Å². The van der Waals surface area contributed by atoms with Gasteiger partial charge in [0.15, 0.2) is 5.76 Å².